The number of amides is 3. The number of carboxylic acids is 3. The van der Waals surface area contributed by atoms with Gasteiger partial charge < -0.3 is 45.5 Å². The average Bonchev–Trinajstić information content (AvgIpc) is 2.96. The quantitative estimate of drug-likeness (QED) is 0.0621. The molecular formula is C28H47N3O13. The van der Waals surface area contributed by atoms with Crippen molar-refractivity contribution < 1.29 is 63.1 Å². The first kappa shape index (κ1) is 40.4. The van der Waals surface area contributed by atoms with E-state index in [4.69, 9.17) is 19.3 Å². The fourth-order valence-electron chi connectivity index (χ4n) is 3.70. The molecule has 3 amide bonds. The van der Waals surface area contributed by atoms with Crippen molar-refractivity contribution in [2.24, 2.45) is 11.8 Å². The highest BCUT2D eigenvalue weighted by atomic mass is 16.5. The lowest BCUT2D eigenvalue weighted by molar-refractivity contribution is -0.145. The Kier molecular flexibility index (Phi) is 22.7. The second-order valence-electron chi connectivity index (χ2n) is 10.1. The first-order valence-electron chi connectivity index (χ1n) is 14.6. The fraction of sp³-hybridized carbons (Fsp3) is 0.750. The summed E-state index contributed by atoms with van der Waals surface area (Å²) in [6.07, 6.45) is 0.497. The van der Waals surface area contributed by atoms with E-state index in [1.165, 1.54) is 0 Å². The Bertz CT molecular complexity index is 928. The molecule has 0 rings (SSSR count). The summed E-state index contributed by atoms with van der Waals surface area (Å²) in [6, 6.07) is -1.39. The molecule has 16 heteroatoms. The minimum Gasteiger partial charge on any atom is -0.481 e. The van der Waals surface area contributed by atoms with Crippen LogP contribution in [0.3, 0.4) is 0 Å². The molecule has 0 aromatic carbocycles. The van der Waals surface area contributed by atoms with Crippen LogP contribution in [0.4, 0.5) is 0 Å². The number of rotatable bonds is 28. The lowest BCUT2D eigenvalue weighted by atomic mass is 9.94. The number of Topliss-reactive ketones (excluding diaryl/α,β-unsaturated/α-hetero) is 1. The zero-order valence-corrected chi connectivity index (χ0v) is 25.5. The van der Waals surface area contributed by atoms with Gasteiger partial charge in [-0.25, -0.2) is 4.79 Å². The maximum absolute atomic E-state index is 12.4. The zero-order chi connectivity index (χ0) is 33.3. The fourth-order valence-corrected chi connectivity index (χ4v) is 3.70. The number of ketones is 1. The zero-order valence-electron chi connectivity index (χ0n) is 25.5. The molecule has 0 radical (unpaired) electrons. The summed E-state index contributed by atoms with van der Waals surface area (Å²) >= 11 is 0. The monoisotopic (exact) mass is 633 g/mol. The second-order valence-corrected chi connectivity index (χ2v) is 10.1. The van der Waals surface area contributed by atoms with E-state index in [1.54, 1.807) is 13.8 Å². The van der Waals surface area contributed by atoms with Crippen molar-refractivity contribution in [3.05, 3.63) is 0 Å². The van der Waals surface area contributed by atoms with Crippen LogP contribution in [0.25, 0.3) is 0 Å². The molecule has 0 aliphatic rings. The van der Waals surface area contributed by atoms with Crippen molar-refractivity contribution in [3.63, 3.8) is 0 Å². The lowest BCUT2D eigenvalue weighted by Gasteiger charge is -2.15. The molecule has 0 aliphatic heterocycles. The summed E-state index contributed by atoms with van der Waals surface area (Å²) in [5.41, 5.74) is 0. The van der Waals surface area contributed by atoms with E-state index >= 15 is 0 Å². The van der Waals surface area contributed by atoms with Gasteiger partial charge >= 0.3 is 17.9 Å². The predicted molar refractivity (Wildman–Crippen MR) is 154 cm³/mol. The number of carbonyl (C=O) groups excluding carboxylic acids is 4. The number of nitrogens with one attached hydrogen (secondary N) is 3. The van der Waals surface area contributed by atoms with Gasteiger partial charge in [0, 0.05) is 39.0 Å². The van der Waals surface area contributed by atoms with E-state index in [1.807, 2.05) is 0 Å². The molecule has 3 atom stereocenters. The van der Waals surface area contributed by atoms with Crippen LogP contribution in [0.2, 0.25) is 0 Å². The van der Waals surface area contributed by atoms with Crippen LogP contribution in [0, 0.1) is 11.8 Å². The van der Waals surface area contributed by atoms with E-state index < -0.39 is 60.5 Å². The minimum atomic E-state index is -1.39. The Morgan fingerprint density at radius 2 is 1.32 bits per heavy atom. The Hall–Kier alpha value is -3.63. The first-order valence-corrected chi connectivity index (χ1v) is 14.6. The van der Waals surface area contributed by atoms with Crippen LogP contribution in [0.15, 0.2) is 0 Å². The molecule has 0 spiro atoms. The first-order chi connectivity index (χ1) is 20.9. The van der Waals surface area contributed by atoms with Crippen molar-refractivity contribution in [2.45, 2.75) is 71.3 Å². The van der Waals surface area contributed by atoms with Gasteiger partial charge in [0.25, 0.3) is 0 Å². The molecule has 0 saturated carbocycles. The number of unbranched alkanes of at least 4 members (excludes halogenated alkanes) is 1. The van der Waals surface area contributed by atoms with Crippen molar-refractivity contribution in [1.82, 2.24) is 16.0 Å². The summed E-state index contributed by atoms with van der Waals surface area (Å²) in [5.74, 6) is -7.03. The molecule has 0 bridgehead atoms. The molecule has 16 nitrogen and oxygen atoms in total. The van der Waals surface area contributed by atoms with E-state index in [0.29, 0.717) is 32.4 Å². The van der Waals surface area contributed by atoms with Gasteiger partial charge in [-0.2, -0.15) is 0 Å². The van der Waals surface area contributed by atoms with Gasteiger partial charge in [0.1, 0.15) is 25.0 Å². The van der Waals surface area contributed by atoms with Gasteiger partial charge in [-0.1, -0.05) is 13.3 Å². The number of ether oxygens (including phenoxy) is 3. The van der Waals surface area contributed by atoms with Crippen LogP contribution in [0.1, 0.15) is 65.2 Å². The maximum Gasteiger partial charge on any atom is 0.326 e. The minimum absolute atomic E-state index is 0.0372. The summed E-state index contributed by atoms with van der Waals surface area (Å²) in [7, 11) is 0. The third kappa shape index (κ3) is 22.0. The molecule has 0 aliphatic carbocycles. The van der Waals surface area contributed by atoms with Gasteiger partial charge in [0.05, 0.1) is 31.7 Å². The maximum atomic E-state index is 12.4. The SMILES string of the molecule is CCOCC(=O)NCCOCCOCC(=O)N[C@@H](CCC(=O)C[C@@H](CCC(=O)NCCCC[C@H](C)C(=O)O)C(=O)O)C(=O)O. The summed E-state index contributed by atoms with van der Waals surface area (Å²) in [5, 5.41) is 35.2. The molecule has 0 heterocycles. The Morgan fingerprint density at radius 1 is 0.659 bits per heavy atom. The van der Waals surface area contributed by atoms with Gasteiger partial charge in [0.15, 0.2) is 0 Å². The molecule has 6 N–H and O–H groups in total. The van der Waals surface area contributed by atoms with Crippen LogP contribution in [-0.2, 0) is 47.8 Å². The van der Waals surface area contributed by atoms with Crippen LogP contribution in [0.5, 0.6) is 0 Å². The molecule has 0 aromatic rings. The normalized spacial score (nSPS) is 12.9. The van der Waals surface area contributed by atoms with Crippen molar-refractivity contribution in [3.8, 4) is 0 Å². The summed E-state index contributed by atoms with van der Waals surface area (Å²) in [6.45, 7) is 4.29. The van der Waals surface area contributed by atoms with Gasteiger partial charge in [-0.05, 0) is 32.6 Å². The number of hydrogen-bond acceptors (Lipinski definition) is 10. The van der Waals surface area contributed by atoms with Crippen LogP contribution >= 0.6 is 0 Å². The standard InChI is InChI=1S/C28H47N3O13/c1-3-42-17-24(34)30-12-13-43-14-15-44-18-25(35)31-22(28(40)41)9-8-21(32)16-20(27(38)39)7-10-23(33)29-11-5-4-6-19(2)26(36)37/h19-20,22H,3-18H2,1-2H3,(H,29,33)(H,30,34)(H,31,35)(H,36,37)(H,38,39)(H,40,41)/t19-,20+,22-/m0/s1. The number of carbonyl (C=O) groups is 7. The van der Waals surface area contributed by atoms with Crippen LogP contribution in [-0.4, -0.2) is 116 Å². The van der Waals surface area contributed by atoms with Crippen molar-refractivity contribution >= 4 is 41.4 Å². The smallest absolute Gasteiger partial charge is 0.326 e. The highest BCUT2D eigenvalue weighted by molar-refractivity contribution is 5.87. The van der Waals surface area contributed by atoms with E-state index in [9.17, 15) is 43.8 Å². The molecular weight excluding hydrogens is 586 g/mol. The highest BCUT2D eigenvalue weighted by Crippen LogP contribution is 2.15. The van der Waals surface area contributed by atoms with Gasteiger partial charge in [0.2, 0.25) is 17.7 Å². The number of aliphatic carboxylic acids is 3. The van der Waals surface area contributed by atoms with Crippen molar-refractivity contribution in [1.29, 1.82) is 0 Å². The molecule has 0 aromatic heterocycles. The average molecular weight is 634 g/mol. The molecule has 0 unspecified atom stereocenters. The van der Waals surface area contributed by atoms with E-state index in [-0.39, 0.29) is 70.5 Å². The van der Waals surface area contributed by atoms with E-state index in [0.717, 1.165) is 0 Å². The Labute approximate surface area is 256 Å². The molecule has 0 fully saturated rings. The summed E-state index contributed by atoms with van der Waals surface area (Å²) in [4.78, 5) is 81.8. The lowest BCUT2D eigenvalue weighted by Crippen LogP contribution is -2.43. The Morgan fingerprint density at radius 3 is 1.95 bits per heavy atom. The Balaban J connectivity index is 4.27. The third-order valence-corrected chi connectivity index (χ3v) is 6.31. The molecule has 0 saturated heterocycles. The topological polar surface area (TPSA) is 244 Å². The second kappa shape index (κ2) is 24.8. The molecule has 252 valence electrons. The van der Waals surface area contributed by atoms with Gasteiger partial charge in [-0.3, -0.25) is 28.8 Å². The van der Waals surface area contributed by atoms with Gasteiger partial charge in [-0.15, -0.1) is 0 Å². The van der Waals surface area contributed by atoms with E-state index in [2.05, 4.69) is 16.0 Å². The van der Waals surface area contributed by atoms with Crippen LogP contribution < -0.4 is 16.0 Å². The largest absolute Gasteiger partial charge is 0.481 e. The summed E-state index contributed by atoms with van der Waals surface area (Å²) < 4.78 is 15.3. The van der Waals surface area contributed by atoms with Crippen molar-refractivity contribution in [2.75, 3.05) is 52.7 Å². The highest BCUT2D eigenvalue weighted by Gasteiger charge is 2.25. The number of hydrogen-bond donors (Lipinski definition) is 6. The number of carboxylic acid groups (broad SMARTS) is 3. The molecule has 44 heavy (non-hydrogen) atoms. The predicted octanol–water partition coefficient (Wildman–Crippen LogP) is -0.0307. The third-order valence-electron chi connectivity index (χ3n) is 6.31.